The number of hydrogen-bond acceptors (Lipinski definition) is 5. The second kappa shape index (κ2) is 8.63. The smallest absolute Gasteiger partial charge is 0.291 e. The molecule has 0 bridgehead atoms. The van der Waals surface area contributed by atoms with Crippen LogP contribution in [-0.2, 0) is 0 Å². The number of ether oxygens (including phenoxy) is 2. The minimum absolute atomic E-state index is 0.208. The molecule has 0 saturated carbocycles. The van der Waals surface area contributed by atoms with Gasteiger partial charge in [-0.15, -0.1) is 0 Å². The molecule has 2 heterocycles. The van der Waals surface area contributed by atoms with Crippen molar-refractivity contribution < 1.29 is 14.3 Å². The van der Waals surface area contributed by atoms with Gasteiger partial charge in [-0.3, -0.25) is 4.79 Å². The first-order chi connectivity index (χ1) is 16.1. The van der Waals surface area contributed by atoms with Gasteiger partial charge >= 0.3 is 0 Å². The van der Waals surface area contributed by atoms with E-state index in [9.17, 15) is 4.79 Å². The largest absolute Gasteiger partial charge is 0.454 e. The molecule has 0 saturated heterocycles. The fourth-order valence-corrected chi connectivity index (χ4v) is 3.62. The Morgan fingerprint density at radius 2 is 1.79 bits per heavy atom. The number of aryl methyl sites for hydroxylation is 2. The molecule has 7 nitrogen and oxygen atoms in total. The second-order valence-electron chi connectivity index (χ2n) is 7.79. The number of para-hydroxylation sites is 1. The van der Waals surface area contributed by atoms with Crippen LogP contribution in [0.3, 0.4) is 0 Å². The topological polar surface area (TPSA) is 77.7 Å². The molecule has 1 aliphatic rings. The molecule has 0 atom stereocenters. The van der Waals surface area contributed by atoms with E-state index in [0.29, 0.717) is 11.5 Å². The Labute approximate surface area is 191 Å². The lowest BCUT2D eigenvalue weighted by molar-refractivity contribution is 0.0949. The van der Waals surface area contributed by atoms with Crippen molar-refractivity contribution in [2.45, 2.75) is 13.8 Å². The number of carbonyl (C=O) groups excluding carboxylic acids is 1. The number of hydrogen-bond donors (Lipinski definition) is 1. The third-order valence-electron chi connectivity index (χ3n) is 5.41. The Balaban J connectivity index is 1.43. The molecular weight excluding hydrogens is 416 g/mol. The fraction of sp³-hybridized carbons (Fsp3) is 0.115. The standard InChI is InChI=1S/C26H22N4O3/c1-17-7-10-20(11-8-17)23-14-21(29-30(23)22-6-4-3-5-18(22)2)26(31)28-27-15-19-9-12-24-25(13-19)33-16-32-24/h3-15H,16H2,1-2H3,(H,28,31)/b27-15-. The maximum absolute atomic E-state index is 12.8. The molecule has 0 spiro atoms. The summed E-state index contributed by atoms with van der Waals surface area (Å²) in [7, 11) is 0. The van der Waals surface area contributed by atoms with E-state index in [4.69, 9.17) is 9.47 Å². The lowest BCUT2D eigenvalue weighted by Gasteiger charge is -2.10. The van der Waals surface area contributed by atoms with Gasteiger partial charge < -0.3 is 9.47 Å². The van der Waals surface area contributed by atoms with Crippen LogP contribution < -0.4 is 14.9 Å². The van der Waals surface area contributed by atoms with Crippen molar-refractivity contribution in [2.24, 2.45) is 5.10 Å². The number of amides is 1. The van der Waals surface area contributed by atoms with Crippen molar-refractivity contribution >= 4 is 12.1 Å². The molecule has 1 amide bonds. The van der Waals surface area contributed by atoms with Gasteiger partial charge in [-0.1, -0.05) is 48.0 Å². The molecule has 1 N–H and O–H groups in total. The first kappa shape index (κ1) is 20.5. The van der Waals surface area contributed by atoms with E-state index in [1.54, 1.807) is 23.0 Å². The lowest BCUT2D eigenvalue weighted by Crippen LogP contribution is -2.18. The summed E-state index contributed by atoms with van der Waals surface area (Å²) in [6.07, 6.45) is 1.55. The van der Waals surface area contributed by atoms with Gasteiger partial charge in [-0.25, -0.2) is 10.1 Å². The average Bonchev–Trinajstić information content (AvgIpc) is 3.47. The summed E-state index contributed by atoms with van der Waals surface area (Å²) in [4.78, 5) is 12.8. The normalized spacial score (nSPS) is 12.3. The zero-order valence-electron chi connectivity index (χ0n) is 18.3. The van der Waals surface area contributed by atoms with E-state index in [1.165, 1.54) is 0 Å². The van der Waals surface area contributed by atoms with Crippen LogP contribution >= 0.6 is 0 Å². The minimum atomic E-state index is -0.396. The zero-order valence-corrected chi connectivity index (χ0v) is 18.3. The first-order valence-corrected chi connectivity index (χ1v) is 10.5. The highest BCUT2D eigenvalue weighted by Gasteiger charge is 2.18. The Bertz CT molecular complexity index is 1360. The molecule has 0 unspecified atom stereocenters. The molecule has 7 heteroatoms. The SMILES string of the molecule is Cc1ccc(-c2cc(C(=O)N/N=C\c3ccc4c(c3)OCO4)nn2-c2ccccc2C)cc1. The van der Waals surface area contributed by atoms with Crippen molar-refractivity contribution in [3.63, 3.8) is 0 Å². The van der Waals surface area contributed by atoms with Gasteiger partial charge in [-0.05, 0) is 55.3 Å². The summed E-state index contributed by atoms with van der Waals surface area (Å²) < 4.78 is 12.5. The maximum atomic E-state index is 12.8. The maximum Gasteiger partial charge on any atom is 0.291 e. The second-order valence-corrected chi connectivity index (χ2v) is 7.79. The van der Waals surface area contributed by atoms with Crippen LogP contribution in [0, 0.1) is 13.8 Å². The van der Waals surface area contributed by atoms with Crippen LogP contribution in [0.15, 0.2) is 77.9 Å². The Morgan fingerprint density at radius 3 is 2.61 bits per heavy atom. The number of nitrogens with one attached hydrogen (secondary N) is 1. The highest BCUT2D eigenvalue weighted by Crippen LogP contribution is 2.32. The molecule has 4 aromatic rings. The molecule has 0 aliphatic carbocycles. The molecule has 5 rings (SSSR count). The highest BCUT2D eigenvalue weighted by atomic mass is 16.7. The third kappa shape index (κ3) is 4.21. The van der Waals surface area contributed by atoms with E-state index in [-0.39, 0.29) is 12.5 Å². The summed E-state index contributed by atoms with van der Waals surface area (Å²) in [6.45, 7) is 4.27. The predicted molar refractivity (Wildman–Crippen MR) is 126 cm³/mol. The van der Waals surface area contributed by atoms with E-state index in [0.717, 1.165) is 33.6 Å². The molecule has 0 fully saturated rings. The summed E-state index contributed by atoms with van der Waals surface area (Å²) in [5, 5.41) is 8.69. The first-order valence-electron chi connectivity index (χ1n) is 10.5. The van der Waals surface area contributed by atoms with Crippen molar-refractivity contribution in [3.05, 3.63) is 95.2 Å². The van der Waals surface area contributed by atoms with Crippen LogP contribution in [0.2, 0.25) is 0 Å². The van der Waals surface area contributed by atoms with E-state index < -0.39 is 5.91 Å². The van der Waals surface area contributed by atoms with Gasteiger partial charge in [0.2, 0.25) is 6.79 Å². The quantitative estimate of drug-likeness (QED) is 0.364. The number of rotatable bonds is 5. The van der Waals surface area contributed by atoms with E-state index in [1.807, 2.05) is 74.5 Å². The molecule has 3 aromatic carbocycles. The van der Waals surface area contributed by atoms with Crippen LogP contribution in [0.5, 0.6) is 11.5 Å². The molecular formula is C26H22N4O3. The molecule has 1 aliphatic heterocycles. The Morgan fingerprint density at radius 1 is 1.00 bits per heavy atom. The van der Waals surface area contributed by atoms with Crippen LogP contribution in [-0.4, -0.2) is 28.7 Å². The molecule has 164 valence electrons. The molecule has 1 aromatic heterocycles. The highest BCUT2D eigenvalue weighted by molar-refractivity contribution is 5.94. The minimum Gasteiger partial charge on any atom is -0.454 e. The predicted octanol–water partition coefficient (Wildman–Crippen LogP) is 4.65. The van der Waals surface area contributed by atoms with Crippen LogP contribution in [0.4, 0.5) is 0 Å². The van der Waals surface area contributed by atoms with Crippen molar-refractivity contribution in [2.75, 3.05) is 6.79 Å². The molecule has 0 radical (unpaired) electrons. The number of carbonyl (C=O) groups is 1. The Kier molecular flexibility index (Phi) is 5.36. The van der Waals surface area contributed by atoms with Crippen LogP contribution in [0.25, 0.3) is 16.9 Å². The van der Waals surface area contributed by atoms with Crippen molar-refractivity contribution in [3.8, 4) is 28.4 Å². The Hall–Kier alpha value is -4.39. The number of hydrazone groups is 1. The zero-order chi connectivity index (χ0) is 22.8. The summed E-state index contributed by atoms with van der Waals surface area (Å²) in [5.74, 6) is 0.958. The summed E-state index contributed by atoms with van der Waals surface area (Å²) in [5.41, 5.74) is 8.56. The van der Waals surface area contributed by atoms with Gasteiger partial charge in [-0.2, -0.15) is 10.2 Å². The van der Waals surface area contributed by atoms with Gasteiger partial charge in [0.1, 0.15) is 0 Å². The van der Waals surface area contributed by atoms with E-state index in [2.05, 4.69) is 15.6 Å². The number of fused-ring (bicyclic) bond motifs is 1. The average molecular weight is 438 g/mol. The van der Waals surface area contributed by atoms with Crippen molar-refractivity contribution in [1.29, 1.82) is 0 Å². The summed E-state index contributed by atoms with van der Waals surface area (Å²) in [6, 6.07) is 23.3. The fourth-order valence-electron chi connectivity index (χ4n) is 3.62. The monoisotopic (exact) mass is 438 g/mol. The number of aromatic nitrogens is 2. The van der Waals surface area contributed by atoms with Crippen molar-refractivity contribution in [1.82, 2.24) is 15.2 Å². The number of benzene rings is 3. The number of nitrogens with zero attached hydrogens (tertiary/aromatic N) is 3. The van der Waals surface area contributed by atoms with E-state index >= 15 is 0 Å². The third-order valence-corrected chi connectivity index (χ3v) is 5.41. The van der Waals surface area contributed by atoms with Crippen LogP contribution in [0.1, 0.15) is 27.2 Å². The molecule has 33 heavy (non-hydrogen) atoms. The van der Waals surface area contributed by atoms with Gasteiger partial charge in [0.15, 0.2) is 17.2 Å². The van der Waals surface area contributed by atoms with Gasteiger partial charge in [0.25, 0.3) is 5.91 Å². The van der Waals surface area contributed by atoms with Gasteiger partial charge in [0.05, 0.1) is 17.6 Å². The van der Waals surface area contributed by atoms with Gasteiger partial charge in [0, 0.05) is 5.56 Å². The lowest BCUT2D eigenvalue weighted by atomic mass is 10.1. The summed E-state index contributed by atoms with van der Waals surface area (Å²) >= 11 is 0.